The van der Waals surface area contributed by atoms with Gasteiger partial charge in [-0.05, 0) is 57.5 Å². The van der Waals surface area contributed by atoms with Crippen molar-refractivity contribution in [1.82, 2.24) is 4.90 Å². The minimum atomic E-state index is 0.273. The molecule has 1 aliphatic carbocycles. The van der Waals surface area contributed by atoms with Crippen molar-refractivity contribution in [3.8, 4) is 0 Å². The van der Waals surface area contributed by atoms with Gasteiger partial charge in [-0.15, -0.1) is 0 Å². The van der Waals surface area contributed by atoms with E-state index in [1.807, 2.05) is 0 Å². The summed E-state index contributed by atoms with van der Waals surface area (Å²) < 4.78 is 0. The molecule has 0 radical (unpaired) electrons. The van der Waals surface area contributed by atoms with Crippen LogP contribution in [0.5, 0.6) is 0 Å². The monoisotopic (exact) mass is 238 g/mol. The second kappa shape index (κ2) is 5.71. The summed E-state index contributed by atoms with van der Waals surface area (Å²) in [4.78, 5) is 2.70. The van der Waals surface area contributed by atoms with E-state index >= 15 is 0 Å². The van der Waals surface area contributed by atoms with E-state index in [0.717, 1.165) is 18.4 Å². The summed E-state index contributed by atoms with van der Waals surface area (Å²) in [6, 6.07) is 0. The highest BCUT2D eigenvalue weighted by Crippen LogP contribution is 2.36. The first kappa shape index (κ1) is 13.4. The van der Waals surface area contributed by atoms with E-state index < -0.39 is 0 Å². The fraction of sp³-hybridized carbons (Fsp3) is 1.00. The van der Waals surface area contributed by atoms with Crippen molar-refractivity contribution in [2.75, 3.05) is 19.6 Å². The number of nitrogens with two attached hydrogens (primary N) is 1. The zero-order valence-corrected chi connectivity index (χ0v) is 11.8. The molecule has 2 fully saturated rings. The van der Waals surface area contributed by atoms with Crippen LogP contribution in [0, 0.1) is 11.8 Å². The van der Waals surface area contributed by atoms with Crippen LogP contribution >= 0.6 is 0 Å². The zero-order valence-electron chi connectivity index (χ0n) is 11.8. The number of hydrogen-bond acceptors (Lipinski definition) is 2. The third-order valence-electron chi connectivity index (χ3n) is 5.17. The predicted octanol–water partition coefficient (Wildman–Crippen LogP) is 3.02. The Bertz CT molecular complexity index is 237. The zero-order chi connectivity index (χ0) is 12.3. The highest BCUT2D eigenvalue weighted by molar-refractivity contribution is 4.92. The summed E-state index contributed by atoms with van der Waals surface area (Å²) in [5, 5.41) is 0. The lowest BCUT2D eigenvalue weighted by Gasteiger charge is -2.44. The maximum atomic E-state index is 6.11. The Morgan fingerprint density at radius 1 is 1.12 bits per heavy atom. The van der Waals surface area contributed by atoms with Crippen molar-refractivity contribution in [1.29, 1.82) is 0 Å². The topological polar surface area (TPSA) is 29.3 Å². The molecular formula is C15H30N2. The van der Waals surface area contributed by atoms with E-state index in [1.54, 1.807) is 0 Å². The lowest BCUT2D eigenvalue weighted by atomic mass is 9.76. The molecule has 1 saturated carbocycles. The Hall–Kier alpha value is -0.0800. The minimum absolute atomic E-state index is 0.273. The second-order valence-electron chi connectivity index (χ2n) is 6.73. The van der Waals surface area contributed by atoms with Crippen molar-refractivity contribution in [3.63, 3.8) is 0 Å². The van der Waals surface area contributed by atoms with Gasteiger partial charge in [0.1, 0.15) is 0 Å². The van der Waals surface area contributed by atoms with E-state index in [9.17, 15) is 0 Å². The van der Waals surface area contributed by atoms with Gasteiger partial charge < -0.3 is 5.73 Å². The number of likely N-dealkylation sites (tertiary alicyclic amines) is 1. The summed E-state index contributed by atoms with van der Waals surface area (Å²) >= 11 is 0. The summed E-state index contributed by atoms with van der Waals surface area (Å²) in [6.07, 6.45) is 9.79. The molecular weight excluding hydrogens is 208 g/mol. The molecule has 2 N–H and O–H groups in total. The summed E-state index contributed by atoms with van der Waals surface area (Å²) in [5.41, 5.74) is 6.38. The smallest absolute Gasteiger partial charge is 0.0306 e. The van der Waals surface area contributed by atoms with Crippen molar-refractivity contribution in [2.24, 2.45) is 17.6 Å². The quantitative estimate of drug-likeness (QED) is 0.816. The van der Waals surface area contributed by atoms with Gasteiger partial charge in [0.15, 0.2) is 0 Å². The van der Waals surface area contributed by atoms with Gasteiger partial charge in [-0.1, -0.05) is 26.2 Å². The van der Waals surface area contributed by atoms with E-state index in [1.165, 1.54) is 58.0 Å². The van der Waals surface area contributed by atoms with E-state index in [4.69, 9.17) is 5.73 Å². The fourth-order valence-electron chi connectivity index (χ4n) is 3.46. The Morgan fingerprint density at radius 3 is 2.47 bits per heavy atom. The summed E-state index contributed by atoms with van der Waals surface area (Å²) in [7, 11) is 0. The first-order chi connectivity index (χ1) is 8.14. The minimum Gasteiger partial charge on any atom is -0.329 e. The van der Waals surface area contributed by atoms with E-state index in [0.29, 0.717) is 0 Å². The first-order valence-electron chi connectivity index (χ1n) is 7.59. The van der Waals surface area contributed by atoms with Crippen LogP contribution < -0.4 is 5.73 Å². The SMILES string of the molecule is CC1CCCN(C(C)(CN)CC2CCC2)CC1. The van der Waals surface area contributed by atoms with Gasteiger partial charge in [-0.3, -0.25) is 4.90 Å². The molecule has 0 bridgehead atoms. The van der Waals surface area contributed by atoms with Crippen LogP contribution in [-0.4, -0.2) is 30.1 Å². The van der Waals surface area contributed by atoms with E-state index in [-0.39, 0.29) is 5.54 Å². The molecule has 2 rings (SSSR count). The molecule has 100 valence electrons. The molecule has 2 atom stereocenters. The molecule has 0 amide bonds. The molecule has 2 heteroatoms. The molecule has 2 aliphatic rings. The molecule has 0 aromatic heterocycles. The second-order valence-corrected chi connectivity index (χ2v) is 6.73. The lowest BCUT2D eigenvalue weighted by molar-refractivity contribution is 0.0702. The number of rotatable bonds is 4. The predicted molar refractivity (Wildman–Crippen MR) is 74.0 cm³/mol. The van der Waals surface area contributed by atoms with Crippen LogP contribution in [0.25, 0.3) is 0 Å². The third kappa shape index (κ3) is 3.23. The Balaban J connectivity index is 1.94. The van der Waals surface area contributed by atoms with Gasteiger partial charge in [-0.25, -0.2) is 0 Å². The van der Waals surface area contributed by atoms with Crippen molar-refractivity contribution in [2.45, 2.75) is 64.3 Å². The Morgan fingerprint density at radius 2 is 1.88 bits per heavy atom. The summed E-state index contributed by atoms with van der Waals surface area (Å²) in [5.74, 6) is 1.87. The fourth-order valence-corrected chi connectivity index (χ4v) is 3.46. The van der Waals surface area contributed by atoms with Crippen molar-refractivity contribution >= 4 is 0 Å². The lowest BCUT2D eigenvalue weighted by Crippen LogP contribution is -2.53. The average Bonchev–Trinajstić information content (AvgIpc) is 2.49. The molecule has 1 aliphatic heterocycles. The highest BCUT2D eigenvalue weighted by Gasteiger charge is 2.35. The van der Waals surface area contributed by atoms with Gasteiger partial charge >= 0.3 is 0 Å². The standard InChI is InChI=1S/C15H30N2/c1-13-5-4-9-17(10-8-13)15(2,12-16)11-14-6-3-7-14/h13-14H,3-12,16H2,1-2H3. The van der Waals surface area contributed by atoms with Crippen LogP contribution in [0.4, 0.5) is 0 Å². The maximum absolute atomic E-state index is 6.11. The van der Waals surface area contributed by atoms with Crippen LogP contribution in [0.15, 0.2) is 0 Å². The molecule has 17 heavy (non-hydrogen) atoms. The molecule has 0 aromatic rings. The molecule has 1 heterocycles. The average molecular weight is 238 g/mol. The molecule has 2 nitrogen and oxygen atoms in total. The normalized spacial score (nSPS) is 31.6. The molecule has 1 saturated heterocycles. The van der Waals surface area contributed by atoms with Crippen LogP contribution in [0.1, 0.15) is 58.8 Å². The van der Waals surface area contributed by atoms with Crippen molar-refractivity contribution in [3.05, 3.63) is 0 Å². The Kier molecular flexibility index (Phi) is 4.48. The summed E-state index contributed by atoms with van der Waals surface area (Å²) in [6.45, 7) is 8.17. The van der Waals surface area contributed by atoms with Gasteiger partial charge in [0.2, 0.25) is 0 Å². The van der Waals surface area contributed by atoms with Gasteiger partial charge in [0.05, 0.1) is 0 Å². The van der Waals surface area contributed by atoms with Crippen molar-refractivity contribution < 1.29 is 0 Å². The number of hydrogen-bond donors (Lipinski definition) is 1. The number of nitrogens with zero attached hydrogens (tertiary/aromatic N) is 1. The highest BCUT2D eigenvalue weighted by atomic mass is 15.2. The molecule has 0 spiro atoms. The van der Waals surface area contributed by atoms with Gasteiger partial charge in [0.25, 0.3) is 0 Å². The molecule has 2 unspecified atom stereocenters. The van der Waals surface area contributed by atoms with E-state index in [2.05, 4.69) is 18.7 Å². The van der Waals surface area contributed by atoms with Gasteiger partial charge in [-0.2, -0.15) is 0 Å². The maximum Gasteiger partial charge on any atom is 0.0306 e. The third-order valence-corrected chi connectivity index (χ3v) is 5.17. The van der Waals surface area contributed by atoms with Crippen LogP contribution in [-0.2, 0) is 0 Å². The first-order valence-corrected chi connectivity index (χ1v) is 7.59. The largest absolute Gasteiger partial charge is 0.329 e. The van der Waals surface area contributed by atoms with Crippen LogP contribution in [0.3, 0.4) is 0 Å². The van der Waals surface area contributed by atoms with Crippen LogP contribution in [0.2, 0.25) is 0 Å². The van der Waals surface area contributed by atoms with Gasteiger partial charge in [0, 0.05) is 12.1 Å². The Labute approximate surface area is 107 Å². The molecule has 0 aromatic carbocycles.